The van der Waals surface area contributed by atoms with E-state index in [1.54, 1.807) is 0 Å². The number of alkyl halides is 3. The maximum Gasteiger partial charge on any atom is 0.418 e. The third-order valence-corrected chi connectivity index (χ3v) is 3.39. The molecule has 0 amide bonds. The van der Waals surface area contributed by atoms with Crippen LogP contribution in [0.4, 0.5) is 24.5 Å². The number of benzene rings is 1. The lowest BCUT2D eigenvalue weighted by Crippen LogP contribution is -2.17. The summed E-state index contributed by atoms with van der Waals surface area (Å²) < 4.78 is 38.5. The molecule has 1 aliphatic rings. The van der Waals surface area contributed by atoms with E-state index in [1.807, 2.05) is 0 Å². The number of halogens is 3. The minimum atomic E-state index is -4.37. The van der Waals surface area contributed by atoms with Crippen molar-refractivity contribution in [2.75, 3.05) is 17.6 Å². The van der Waals surface area contributed by atoms with Crippen LogP contribution >= 0.6 is 0 Å². The number of nitrogen functional groups attached to an aromatic ring is 1. The van der Waals surface area contributed by atoms with Crippen molar-refractivity contribution in [2.45, 2.75) is 25.9 Å². The monoisotopic (exact) mass is 258 g/mol. The predicted octanol–water partition coefficient (Wildman–Crippen LogP) is 3.75. The summed E-state index contributed by atoms with van der Waals surface area (Å²) in [4.78, 5) is 0. The van der Waals surface area contributed by atoms with E-state index in [-0.39, 0.29) is 11.4 Å². The van der Waals surface area contributed by atoms with E-state index in [0.717, 1.165) is 6.07 Å². The second kappa shape index (κ2) is 4.71. The summed E-state index contributed by atoms with van der Waals surface area (Å²) in [6.07, 6.45) is -1.99. The first-order valence-corrected chi connectivity index (χ1v) is 6.08. The van der Waals surface area contributed by atoms with Gasteiger partial charge in [0, 0.05) is 17.9 Å². The van der Waals surface area contributed by atoms with Crippen molar-refractivity contribution in [3.8, 4) is 0 Å². The van der Waals surface area contributed by atoms with Gasteiger partial charge in [-0.1, -0.05) is 6.92 Å². The Hall–Kier alpha value is -1.39. The molecule has 5 heteroatoms. The molecule has 100 valence electrons. The molecule has 1 saturated carbocycles. The first-order chi connectivity index (χ1) is 8.38. The van der Waals surface area contributed by atoms with Crippen LogP contribution in [0.25, 0.3) is 0 Å². The quantitative estimate of drug-likeness (QED) is 0.807. The number of nitrogens with one attached hydrogen (secondary N) is 1. The van der Waals surface area contributed by atoms with Crippen LogP contribution < -0.4 is 11.1 Å². The molecule has 2 rings (SSSR count). The molecule has 0 spiro atoms. The first-order valence-electron chi connectivity index (χ1n) is 6.08. The summed E-state index contributed by atoms with van der Waals surface area (Å²) in [7, 11) is 0. The van der Waals surface area contributed by atoms with E-state index in [4.69, 9.17) is 5.73 Å². The molecule has 1 unspecified atom stereocenters. The van der Waals surface area contributed by atoms with Crippen molar-refractivity contribution in [2.24, 2.45) is 11.8 Å². The fourth-order valence-electron chi connectivity index (χ4n) is 2.05. The highest BCUT2D eigenvalue weighted by Crippen LogP contribution is 2.38. The molecule has 0 aliphatic heterocycles. The summed E-state index contributed by atoms with van der Waals surface area (Å²) >= 11 is 0. The molecule has 0 heterocycles. The molecule has 18 heavy (non-hydrogen) atoms. The molecule has 1 aromatic carbocycles. The Morgan fingerprint density at radius 2 is 2.06 bits per heavy atom. The molecule has 1 aromatic rings. The first kappa shape index (κ1) is 13.1. The largest absolute Gasteiger partial charge is 0.418 e. The summed E-state index contributed by atoms with van der Waals surface area (Å²) in [5.41, 5.74) is 4.96. The molecule has 0 aromatic heterocycles. The molecular formula is C13H17F3N2. The molecule has 3 N–H and O–H groups in total. The zero-order valence-corrected chi connectivity index (χ0v) is 10.2. The SMILES string of the molecule is CC(CNc1ccc(N)cc1C(F)(F)F)C1CC1. The van der Waals surface area contributed by atoms with E-state index in [9.17, 15) is 13.2 Å². The number of nitrogens with two attached hydrogens (primary N) is 1. The third kappa shape index (κ3) is 3.09. The second-order valence-corrected chi connectivity index (χ2v) is 5.00. The van der Waals surface area contributed by atoms with Crippen LogP contribution in [0.15, 0.2) is 18.2 Å². The Morgan fingerprint density at radius 3 is 2.61 bits per heavy atom. The van der Waals surface area contributed by atoms with Gasteiger partial charge in [-0.2, -0.15) is 13.2 Å². The summed E-state index contributed by atoms with van der Waals surface area (Å²) in [6, 6.07) is 3.86. The average Bonchev–Trinajstić information content (AvgIpc) is 3.09. The molecule has 1 atom stereocenters. The fourth-order valence-corrected chi connectivity index (χ4v) is 2.05. The Morgan fingerprint density at radius 1 is 1.39 bits per heavy atom. The lowest BCUT2D eigenvalue weighted by Gasteiger charge is -2.17. The van der Waals surface area contributed by atoms with Gasteiger partial charge >= 0.3 is 6.18 Å². The molecule has 0 bridgehead atoms. The topological polar surface area (TPSA) is 38.0 Å². The van der Waals surface area contributed by atoms with E-state index >= 15 is 0 Å². The Labute approximate surface area is 104 Å². The highest BCUT2D eigenvalue weighted by molar-refractivity contribution is 5.59. The van der Waals surface area contributed by atoms with Gasteiger partial charge in [-0.15, -0.1) is 0 Å². The minimum absolute atomic E-state index is 0.115. The van der Waals surface area contributed by atoms with Gasteiger partial charge in [0.25, 0.3) is 0 Å². The molecule has 1 fully saturated rings. The van der Waals surface area contributed by atoms with Crippen molar-refractivity contribution in [3.63, 3.8) is 0 Å². The molecular weight excluding hydrogens is 241 g/mol. The van der Waals surface area contributed by atoms with Crippen molar-refractivity contribution < 1.29 is 13.2 Å². The van der Waals surface area contributed by atoms with Crippen molar-refractivity contribution in [3.05, 3.63) is 23.8 Å². The van der Waals surface area contributed by atoms with E-state index < -0.39 is 11.7 Å². The smallest absolute Gasteiger partial charge is 0.399 e. The van der Waals surface area contributed by atoms with Gasteiger partial charge in [0.2, 0.25) is 0 Å². The maximum atomic E-state index is 12.8. The summed E-state index contributed by atoms with van der Waals surface area (Å²) in [5.74, 6) is 1.07. The van der Waals surface area contributed by atoms with Crippen molar-refractivity contribution in [1.29, 1.82) is 0 Å². The van der Waals surface area contributed by atoms with Gasteiger partial charge in [0.05, 0.1) is 5.56 Å². The van der Waals surface area contributed by atoms with Crippen molar-refractivity contribution >= 4 is 11.4 Å². The van der Waals surface area contributed by atoms with Gasteiger partial charge < -0.3 is 11.1 Å². The van der Waals surface area contributed by atoms with Gasteiger partial charge in [-0.3, -0.25) is 0 Å². The highest BCUT2D eigenvalue weighted by Gasteiger charge is 2.34. The van der Waals surface area contributed by atoms with Gasteiger partial charge in [0.1, 0.15) is 0 Å². The fraction of sp³-hybridized carbons (Fsp3) is 0.538. The van der Waals surface area contributed by atoms with Gasteiger partial charge in [-0.25, -0.2) is 0 Å². The Balaban J connectivity index is 2.11. The van der Waals surface area contributed by atoms with Crippen LogP contribution in [0.3, 0.4) is 0 Å². The van der Waals surface area contributed by atoms with Crippen LogP contribution in [-0.2, 0) is 6.18 Å². The van der Waals surface area contributed by atoms with Crippen LogP contribution in [0.5, 0.6) is 0 Å². The number of anilines is 2. The Bertz CT molecular complexity index is 425. The molecule has 0 radical (unpaired) electrons. The van der Waals surface area contributed by atoms with Crippen LogP contribution in [-0.4, -0.2) is 6.54 Å². The lowest BCUT2D eigenvalue weighted by atomic mass is 10.1. The van der Waals surface area contributed by atoms with Gasteiger partial charge in [-0.05, 0) is 42.9 Å². The standard InChI is InChI=1S/C13H17F3N2/c1-8(9-2-3-9)7-18-12-5-4-10(17)6-11(12)13(14,15)16/h4-6,8-9,18H,2-3,7,17H2,1H3. The summed E-state index contributed by atoms with van der Waals surface area (Å²) in [6.45, 7) is 2.63. The Kier molecular flexibility index (Phi) is 3.41. The number of hydrogen-bond acceptors (Lipinski definition) is 2. The van der Waals surface area contributed by atoms with Crippen molar-refractivity contribution in [1.82, 2.24) is 0 Å². The third-order valence-electron chi connectivity index (χ3n) is 3.39. The van der Waals surface area contributed by atoms with Crippen LogP contribution in [0.1, 0.15) is 25.3 Å². The van der Waals surface area contributed by atoms with Gasteiger partial charge in [0.15, 0.2) is 0 Å². The van der Waals surface area contributed by atoms with E-state index in [1.165, 1.54) is 25.0 Å². The predicted molar refractivity (Wildman–Crippen MR) is 66.2 cm³/mol. The average molecular weight is 258 g/mol. The molecule has 2 nitrogen and oxygen atoms in total. The van der Waals surface area contributed by atoms with E-state index in [2.05, 4.69) is 12.2 Å². The summed E-state index contributed by atoms with van der Waals surface area (Å²) in [5, 5.41) is 2.89. The highest BCUT2D eigenvalue weighted by atomic mass is 19.4. The van der Waals surface area contributed by atoms with Crippen LogP contribution in [0, 0.1) is 11.8 Å². The lowest BCUT2D eigenvalue weighted by molar-refractivity contribution is -0.136. The zero-order valence-electron chi connectivity index (χ0n) is 10.2. The normalized spacial score (nSPS) is 17.6. The molecule has 0 saturated heterocycles. The van der Waals surface area contributed by atoms with Crippen LogP contribution in [0.2, 0.25) is 0 Å². The zero-order chi connectivity index (χ0) is 13.3. The molecule has 1 aliphatic carbocycles. The number of rotatable bonds is 4. The maximum absolute atomic E-state index is 12.8. The minimum Gasteiger partial charge on any atom is -0.399 e. The number of hydrogen-bond donors (Lipinski definition) is 2. The second-order valence-electron chi connectivity index (χ2n) is 5.00. The van der Waals surface area contributed by atoms with E-state index in [0.29, 0.717) is 18.4 Å².